The van der Waals surface area contributed by atoms with Gasteiger partial charge in [0, 0.05) is 5.54 Å². The van der Waals surface area contributed by atoms with Gasteiger partial charge in [0.25, 0.3) is 0 Å². The predicted molar refractivity (Wildman–Crippen MR) is 62.1 cm³/mol. The molecule has 84 valence electrons. The molecule has 0 saturated heterocycles. The molecule has 0 amide bonds. The van der Waals surface area contributed by atoms with Crippen LogP contribution in [0.1, 0.15) is 38.3 Å². The summed E-state index contributed by atoms with van der Waals surface area (Å²) in [6, 6.07) is 5.13. The molecule has 0 aromatic heterocycles. The molecule has 2 atom stereocenters. The van der Waals surface area contributed by atoms with Crippen molar-refractivity contribution in [1.82, 2.24) is 0 Å². The number of aryl methyl sites for hydroxylation is 1. The van der Waals surface area contributed by atoms with Crippen LogP contribution in [0.2, 0.25) is 0 Å². The van der Waals surface area contributed by atoms with Crippen molar-refractivity contribution in [1.29, 1.82) is 0 Å². The first-order valence-electron chi connectivity index (χ1n) is 5.45. The second kappa shape index (κ2) is 4.31. The lowest BCUT2D eigenvalue weighted by Gasteiger charge is -2.32. The Labute approximate surface area is 91.5 Å². The predicted octanol–water partition coefficient (Wildman–Crippen LogP) is 3.35. The summed E-state index contributed by atoms with van der Waals surface area (Å²) >= 11 is 0. The molecule has 2 unspecified atom stereocenters. The van der Waals surface area contributed by atoms with E-state index >= 15 is 0 Å². The van der Waals surface area contributed by atoms with Gasteiger partial charge in [0.15, 0.2) is 0 Å². The van der Waals surface area contributed by atoms with Crippen LogP contribution in [0.3, 0.4) is 0 Å². The Kier molecular flexibility index (Phi) is 3.50. The van der Waals surface area contributed by atoms with Crippen LogP contribution < -0.4 is 5.73 Å². The minimum atomic E-state index is -0.382. The van der Waals surface area contributed by atoms with Gasteiger partial charge in [0.2, 0.25) is 0 Å². The zero-order valence-corrected chi connectivity index (χ0v) is 9.97. The largest absolute Gasteiger partial charge is 0.321 e. The second-order valence-electron chi connectivity index (χ2n) is 4.56. The summed E-state index contributed by atoms with van der Waals surface area (Å²) in [4.78, 5) is 0. The average Bonchev–Trinajstić information content (AvgIpc) is 2.20. The van der Waals surface area contributed by atoms with Gasteiger partial charge in [-0.2, -0.15) is 0 Å². The molecule has 1 rings (SSSR count). The van der Waals surface area contributed by atoms with Crippen LogP contribution in [-0.2, 0) is 5.54 Å². The number of hydrogen-bond acceptors (Lipinski definition) is 1. The Morgan fingerprint density at radius 2 is 2.07 bits per heavy atom. The van der Waals surface area contributed by atoms with Gasteiger partial charge in [-0.3, -0.25) is 0 Å². The van der Waals surface area contributed by atoms with Crippen LogP contribution in [0.5, 0.6) is 0 Å². The van der Waals surface area contributed by atoms with Crippen LogP contribution in [0, 0.1) is 18.7 Å². The molecule has 1 nitrogen and oxygen atoms in total. The van der Waals surface area contributed by atoms with Crippen molar-refractivity contribution in [3.8, 4) is 0 Å². The van der Waals surface area contributed by atoms with Crippen LogP contribution in [-0.4, -0.2) is 0 Å². The number of benzene rings is 1. The Morgan fingerprint density at radius 1 is 1.47 bits per heavy atom. The Balaban J connectivity index is 3.10. The van der Waals surface area contributed by atoms with Gasteiger partial charge in [-0.25, -0.2) is 4.39 Å². The fourth-order valence-corrected chi connectivity index (χ4v) is 1.69. The third-order valence-electron chi connectivity index (χ3n) is 3.42. The fraction of sp³-hybridized carbons (Fsp3) is 0.538. The van der Waals surface area contributed by atoms with Crippen LogP contribution >= 0.6 is 0 Å². The molecular formula is C13H20FN. The van der Waals surface area contributed by atoms with Crippen molar-refractivity contribution >= 4 is 0 Å². The first-order valence-corrected chi connectivity index (χ1v) is 5.45. The maximum atomic E-state index is 13.1. The molecular weight excluding hydrogens is 189 g/mol. The first-order chi connectivity index (χ1) is 6.89. The number of hydrogen-bond donors (Lipinski definition) is 1. The lowest BCUT2D eigenvalue weighted by Crippen LogP contribution is -2.39. The van der Waals surface area contributed by atoms with E-state index in [0.29, 0.717) is 11.5 Å². The van der Waals surface area contributed by atoms with E-state index in [1.165, 1.54) is 6.07 Å². The van der Waals surface area contributed by atoms with Gasteiger partial charge >= 0.3 is 0 Å². The highest BCUT2D eigenvalue weighted by atomic mass is 19.1. The third kappa shape index (κ3) is 2.37. The van der Waals surface area contributed by atoms with E-state index < -0.39 is 0 Å². The Morgan fingerprint density at radius 3 is 2.53 bits per heavy atom. The van der Waals surface area contributed by atoms with Gasteiger partial charge in [0.1, 0.15) is 5.82 Å². The van der Waals surface area contributed by atoms with Gasteiger partial charge in [-0.15, -0.1) is 0 Å². The molecule has 0 bridgehead atoms. The van der Waals surface area contributed by atoms with E-state index in [0.717, 1.165) is 12.0 Å². The highest BCUT2D eigenvalue weighted by Gasteiger charge is 2.27. The number of halogens is 1. The number of nitrogens with two attached hydrogens (primary N) is 1. The molecule has 0 saturated carbocycles. The van der Waals surface area contributed by atoms with Crippen LogP contribution in [0.25, 0.3) is 0 Å². The van der Waals surface area contributed by atoms with Crippen molar-refractivity contribution in [3.05, 3.63) is 35.1 Å². The zero-order valence-electron chi connectivity index (χ0n) is 9.97. The van der Waals surface area contributed by atoms with E-state index in [1.54, 1.807) is 13.0 Å². The van der Waals surface area contributed by atoms with E-state index in [9.17, 15) is 4.39 Å². The minimum Gasteiger partial charge on any atom is -0.321 e. The van der Waals surface area contributed by atoms with E-state index in [2.05, 4.69) is 13.8 Å². The summed E-state index contributed by atoms with van der Waals surface area (Å²) in [5.74, 6) is 0.209. The quantitative estimate of drug-likeness (QED) is 0.811. The zero-order chi connectivity index (χ0) is 11.6. The van der Waals surface area contributed by atoms with E-state index in [1.807, 2.05) is 13.0 Å². The van der Waals surface area contributed by atoms with Crippen molar-refractivity contribution in [2.45, 2.75) is 39.7 Å². The fourth-order valence-electron chi connectivity index (χ4n) is 1.69. The molecule has 0 aliphatic carbocycles. The molecule has 0 radical (unpaired) electrons. The highest BCUT2D eigenvalue weighted by Crippen LogP contribution is 2.29. The number of rotatable bonds is 3. The molecule has 0 aliphatic rings. The highest BCUT2D eigenvalue weighted by molar-refractivity contribution is 5.29. The SMILES string of the molecule is CCC(C)C(C)(N)c1ccc(F)c(C)c1. The standard InChI is InChI=1S/C13H20FN/c1-5-10(3)13(4,15)11-6-7-12(14)9(2)8-11/h6-8,10H,5,15H2,1-4H3. The van der Waals surface area contributed by atoms with Crippen molar-refractivity contribution in [2.75, 3.05) is 0 Å². The Hall–Kier alpha value is -0.890. The van der Waals surface area contributed by atoms with Gasteiger partial charge in [0.05, 0.1) is 0 Å². The summed E-state index contributed by atoms with van der Waals surface area (Å²) < 4.78 is 13.1. The molecule has 0 heterocycles. The average molecular weight is 209 g/mol. The molecule has 0 spiro atoms. The molecule has 0 fully saturated rings. The first kappa shape index (κ1) is 12.2. The molecule has 2 N–H and O–H groups in total. The topological polar surface area (TPSA) is 26.0 Å². The lowest BCUT2D eigenvalue weighted by atomic mass is 9.80. The lowest BCUT2D eigenvalue weighted by molar-refractivity contribution is 0.315. The molecule has 0 aliphatic heterocycles. The summed E-state index contributed by atoms with van der Waals surface area (Å²) in [5.41, 5.74) is 7.58. The molecule has 2 heteroatoms. The van der Waals surface area contributed by atoms with E-state index in [-0.39, 0.29) is 11.4 Å². The summed E-state index contributed by atoms with van der Waals surface area (Å²) in [7, 11) is 0. The normalized spacial score (nSPS) is 17.2. The maximum absolute atomic E-state index is 13.1. The molecule has 1 aromatic rings. The van der Waals surface area contributed by atoms with Crippen LogP contribution in [0.4, 0.5) is 4.39 Å². The molecule has 15 heavy (non-hydrogen) atoms. The Bertz CT molecular complexity index is 344. The van der Waals surface area contributed by atoms with E-state index in [4.69, 9.17) is 5.73 Å². The maximum Gasteiger partial charge on any atom is 0.126 e. The van der Waals surface area contributed by atoms with Gasteiger partial charge in [-0.05, 0) is 37.0 Å². The second-order valence-corrected chi connectivity index (χ2v) is 4.56. The van der Waals surface area contributed by atoms with Crippen molar-refractivity contribution < 1.29 is 4.39 Å². The minimum absolute atomic E-state index is 0.168. The van der Waals surface area contributed by atoms with Gasteiger partial charge < -0.3 is 5.73 Å². The monoisotopic (exact) mass is 209 g/mol. The molecule has 1 aromatic carbocycles. The summed E-state index contributed by atoms with van der Waals surface area (Å²) in [5, 5.41) is 0. The van der Waals surface area contributed by atoms with Crippen LogP contribution in [0.15, 0.2) is 18.2 Å². The van der Waals surface area contributed by atoms with Crippen molar-refractivity contribution in [3.63, 3.8) is 0 Å². The van der Waals surface area contributed by atoms with Gasteiger partial charge in [-0.1, -0.05) is 32.4 Å². The third-order valence-corrected chi connectivity index (χ3v) is 3.42. The summed E-state index contributed by atoms with van der Waals surface area (Å²) in [6.45, 7) is 8.02. The van der Waals surface area contributed by atoms with Crippen molar-refractivity contribution in [2.24, 2.45) is 11.7 Å². The summed E-state index contributed by atoms with van der Waals surface area (Å²) in [6.07, 6.45) is 1.02. The smallest absolute Gasteiger partial charge is 0.126 e.